The third kappa shape index (κ3) is 3.81. The van der Waals surface area contributed by atoms with Crippen LogP contribution in [0.4, 0.5) is 10.1 Å². The van der Waals surface area contributed by atoms with Gasteiger partial charge in [-0.1, -0.05) is 23.7 Å². The van der Waals surface area contributed by atoms with Gasteiger partial charge in [0.2, 0.25) is 5.69 Å². The molecule has 0 aliphatic rings. The lowest BCUT2D eigenvalue weighted by Crippen LogP contribution is -2.23. The van der Waals surface area contributed by atoms with Gasteiger partial charge in [-0.05, 0) is 53.6 Å². The Morgan fingerprint density at radius 3 is 2.59 bits per heavy atom. The summed E-state index contributed by atoms with van der Waals surface area (Å²) in [4.78, 5) is 16.1. The van der Waals surface area contributed by atoms with Gasteiger partial charge in [0.1, 0.15) is 11.0 Å². The molecule has 2 aromatic heterocycles. The monoisotopic (exact) mass is 469 g/mol. The smallest absolute Gasteiger partial charge is 0.244 e. The summed E-state index contributed by atoms with van der Waals surface area (Å²) in [6.07, 6.45) is 0. The molecule has 0 fully saturated rings. The minimum absolute atomic E-state index is 0.149. The number of halogens is 2. The number of nitrogens with zero attached hydrogens (tertiary/aromatic N) is 7. The molecule has 0 saturated carbocycles. The first-order chi connectivity index (χ1) is 15.3. The van der Waals surface area contributed by atoms with Crippen molar-refractivity contribution >= 4 is 29.1 Å². The van der Waals surface area contributed by atoms with Crippen LogP contribution >= 0.6 is 23.4 Å². The van der Waals surface area contributed by atoms with Crippen molar-refractivity contribution in [2.75, 3.05) is 0 Å². The van der Waals surface area contributed by atoms with Gasteiger partial charge in [-0.15, -0.1) is 11.8 Å². The van der Waals surface area contributed by atoms with Crippen LogP contribution in [0, 0.1) is 26.2 Å². The predicted molar refractivity (Wildman–Crippen MR) is 120 cm³/mol. The third-order valence-corrected chi connectivity index (χ3v) is 6.37. The molecule has 0 bridgehead atoms. The van der Waals surface area contributed by atoms with Crippen LogP contribution in [0.15, 0.2) is 46.1 Å². The van der Waals surface area contributed by atoms with Crippen LogP contribution in [0.5, 0.6) is 0 Å². The Balaban J connectivity index is 1.63. The fourth-order valence-electron chi connectivity index (χ4n) is 3.22. The van der Waals surface area contributed by atoms with E-state index in [9.17, 15) is 9.18 Å². The minimum atomic E-state index is -0.437. The Morgan fingerprint density at radius 1 is 1.19 bits per heavy atom. The second-order valence-electron chi connectivity index (χ2n) is 7.02. The van der Waals surface area contributed by atoms with Gasteiger partial charge in [0.25, 0.3) is 0 Å². The second-order valence-corrected chi connectivity index (χ2v) is 8.40. The molecule has 0 saturated heterocycles. The fraction of sp³-hybridized carbons (Fsp3) is 0.190. The van der Waals surface area contributed by atoms with Gasteiger partial charge in [-0.2, -0.15) is 14.5 Å². The molecule has 0 amide bonds. The molecule has 2 aromatic carbocycles. The first kappa shape index (κ1) is 21.8. The Bertz CT molecular complexity index is 1430. The molecule has 2 heterocycles. The summed E-state index contributed by atoms with van der Waals surface area (Å²) in [7, 11) is 1.53. The summed E-state index contributed by atoms with van der Waals surface area (Å²) in [5, 5.41) is 12.1. The number of hydrogen-bond acceptors (Lipinski definition) is 5. The van der Waals surface area contributed by atoms with E-state index in [0.717, 1.165) is 15.8 Å². The number of tetrazole rings is 1. The van der Waals surface area contributed by atoms with E-state index >= 15 is 0 Å². The van der Waals surface area contributed by atoms with Crippen molar-refractivity contribution < 1.29 is 4.39 Å². The average Bonchev–Trinajstić information content (AvgIpc) is 3.25. The largest absolute Gasteiger partial charge is 0.368 e. The van der Waals surface area contributed by atoms with Crippen molar-refractivity contribution in [1.82, 2.24) is 29.6 Å². The van der Waals surface area contributed by atoms with Crippen molar-refractivity contribution in [3.8, 4) is 11.4 Å². The van der Waals surface area contributed by atoms with Gasteiger partial charge in [0.05, 0.1) is 23.6 Å². The zero-order valence-corrected chi connectivity index (χ0v) is 18.9. The van der Waals surface area contributed by atoms with Crippen LogP contribution in [-0.2, 0) is 12.8 Å². The molecule has 0 spiro atoms. The SMILES string of the molecule is [C-]#[N+]c1c(C)nn(-c2ccc(SCc3c(C)cccc3-n3nnn(C)c3=O)c(F)c2)c1Cl. The van der Waals surface area contributed by atoms with Crippen LogP contribution in [0.2, 0.25) is 5.15 Å². The maximum Gasteiger partial charge on any atom is 0.368 e. The van der Waals surface area contributed by atoms with Crippen LogP contribution in [0.3, 0.4) is 0 Å². The minimum Gasteiger partial charge on any atom is -0.244 e. The molecule has 0 N–H and O–H groups in total. The molecule has 0 radical (unpaired) electrons. The van der Waals surface area contributed by atoms with Gasteiger partial charge in [-0.3, -0.25) is 0 Å². The standard InChI is InChI=1S/C21H17ClFN7OS/c1-12-6-5-7-17(30-21(31)28(4)26-27-30)15(12)11-32-18-9-8-14(10-16(18)23)29-20(22)19(24-3)13(2)25-29/h5-10H,11H2,1-2,4H3. The number of aryl methyl sites for hydroxylation is 3. The Hall–Kier alpha value is -3.42. The number of aromatic nitrogens is 6. The first-order valence-electron chi connectivity index (χ1n) is 9.45. The van der Waals surface area contributed by atoms with E-state index < -0.39 is 5.82 Å². The molecular weight excluding hydrogens is 453 g/mol. The third-order valence-electron chi connectivity index (χ3n) is 4.95. The lowest BCUT2D eigenvalue weighted by molar-refractivity contribution is 0.599. The summed E-state index contributed by atoms with van der Waals surface area (Å²) in [5.74, 6) is -0.0157. The van der Waals surface area contributed by atoms with E-state index in [0.29, 0.717) is 27.7 Å². The number of rotatable bonds is 5. The van der Waals surface area contributed by atoms with Crippen LogP contribution in [0.1, 0.15) is 16.8 Å². The van der Waals surface area contributed by atoms with Gasteiger partial charge >= 0.3 is 5.69 Å². The van der Waals surface area contributed by atoms with E-state index in [1.165, 1.54) is 34.2 Å². The van der Waals surface area contributed by atoms with Gasteiger partial charge in [0, 0.05) is 23.8 Å². The molecule has 11 heteroatoms. The number of hydrogen-bond donors (Lipinski definition) is 0. The Morgan fingerprint density at radius 2 is 1.97 bits per heavy atom. The summed E-state index contributed by atoms with van der Waals surface area (Å²) in [6.45, 7) is 10.8. The average molecular weight is 470 g/mol. The van der Waals surface area contributed by atoms with Gasteiger partial charge in [0.15, 0.2) is 0 Å². The zero-order chi connectivity index (χ0) is 23.0. The molecule has 162 valence electrons. The van der Waals surface area contributed by atoms with E-state index in [1.54, 1.807) is 25.1 Å². The Kier molecular flexibility index (Phi) is 5.86. The van der Waals surface area contributed by atoms with E-state index in [-0.39, 0.29) is 16.5 Å². The van der Waals surface area contributed by atoms with E-state index in [2.05, 4.69) is 20.4 Å². The molecule has 0 unspecified atom stereocenters. The Labute approximate surface area is 192 Å². The molecule has 4 rings (SSSR count). The molecule has 0 aliphatic heterocycles. The predicted octanol–water partition coefficient (Wildman–Crippen LogP) is 4.40. The summed E-state index contributed by atoms with van der Waals surface area (Å²) >= 11 is 7.52. The lowest BCUT2D eigenvalue weighted by atomic mass is 10.1. The summed E-state index contributed by atoms with van der Waals surface area (Å²) in [5.41, 5.74) is 3.22. The van der Waals surface area contributed by atoms with Crippen molar-refractivity contribution in [2.45, 2.75) is 24.5 Å². The molecule has 32 heavy (non-hydrogen) atoms. The molecule has 0 atom stereocenters. The fourth-order valence-corrected chi connectivity index (χ4v) is 4.57. The maximum absolute atomic E-state index is 14.9. The highest BCUT2D eigenvalue weighted by atomic mass is 35.5. The summed E-state index contributed by atoms with van der Waals surface area (Å²) in [6, 6.07) is 10.2. The second kappa shape index (κ2) is 8.61. The number of benzene rings is 2. The first-order valence-corrected chi connectivity index (χ1v) is 10.8. The molecular formula is C21H17ClFN7OS. The molecule has 0 aliphatic carbocycles. The lowest BCUT2D eigenvalue weighted by Gasteiger charge is -2.12. The van der Waals surface area contributed by atoms with Crippen LogP contribution in [-0.4, -0.2) is 29.6 Å². The van der Waals surface area contributed by atoms with Gasteiger partial charge in [-0.25, -0.2) is 18.7 Å². The maximum atomic E-state index is 14.9. The highest BCUT2D eigenvalue weighted by molar-refractivity contribution is 7.98. The van der Waals surface area contributed by atoms with Crippen LogP contribution in [0.25, 0.3) is 16.2 Å². The van der Waals surface area contributed by atoms with Gasteiger partial charge < -0.3 is 0 Å². The van der Waals surface area contributed by atoms with E-state index in [1.807, 2.05) is 19.1 Å². The highest BCUT2D eigenvalue weighted by Crippen LogP contribution is 2.33. The van der Waals surface area contributed by atoms with Crippen LogP contribution < -0.4 is 5.69 Å². The highest BCUT2D eigenvalue weighted by Gasteiger charge is 2.17. The van der Waals surface area contributed by atoms with Crippen molar-refractivity contribution in [2.24, 2.45) is 7.05 Å². The van der Waals surface area contributed by atoms with Crippen molar-refractivity contribution in [3.63, 3.8) is 0 Å². The quantitative estimate of drug-likeness (QED) is 0.320. The van der Waals surface area contributed by atoms with Crippen molar-refractivity contribution in [1.29, 1.82) is 0 Å². The number of thioether (sulfide) groups is 1. The normalized spacial score (nSPS) is 11.0. The molecule has 4 aromatic rings. The van der Waals surface area contributed by atoms with Crippen molar-refractivity contribution in [3.05, 3.63) is 86.1 Å². The van der Waals surface area contributed by atoms with E-state index in [4.69, 9.17) is 18.2 Å². The summed E-state index contributed by atoms with van der Waals surface area (Å²) < 4.78 is 18.6. The molecule has 8 nitrogen and oxygen atoms in total. The topological polar surface area (TPSA) is 74.9 Å². The zero-order valence-electron chi connectivity index (χ0n) is 17.4.